The SMILES string of the molecule is CCc1nnc2n1CCN(C(=O)[C@@H](C)n1cnc3ccccc31)C2. The maximum atomic E-state index is 12.9. The van der Waals surface area contributed by atoms with Gasteiger partial charge in [-0.05, 0) is 19.1 Å². The Hall–Kier alpha value is -2.70. The Morgan fingerprint density at radius 3 is 2.92 bits per heavy atom. The summed E-state index contributed by atoms with van der Waals surface area (Å²) in [6, 6.07) is 7.57. The maximum absolute atomic E-state index is 12.9. The number of fused-ring (bicyclic) bond motifs is 2. The smallest absolute Gasteiger partial charge is 0.245 e. The monoisotopic (exact) mass is 324 g/mol. The van der Waals surface area contributed by atoms with Gasteiger partial charge in [0, 0.05) is 19.5 Å². The molecule has 3 heterocycles. The van der Waals surface area contributed by atoms with E-state index < -0.39 is 0 Å². The van der Waals surface area contributed by atoms with Gasteiger partial charge in [0.25, 0.3) is 0 Å². The molecule has 1 aliphatic rings. The van der Waals surface area contributed by atoms with Crippen molar-refractivity contribution in [2.45, 2.75) is 39.4 Å². The number of imidazole rings is 1. The van der Waals surface area contributed by atoms with Crippen molar-refractivity contribution >= 4 is 16.9 Å². The number of carbonyl (C=O) groups excluding carboxylic acids is 1. The molecule has 24 heavy (non-hydrogen) atoms. The molecule has 0 aliphatic carbocycles. The van der Waals surface area contributed by atoms with Crippen LogP contribution in [0.25, 0.3) is 11.0 Å². The Kier molecular flexibility index (Phi) is 3.55. The second-order valence-corrected chi connectivity index (χ2v) is 6.11. The topological polar surface area (TPSA) is 68.8 Å². The quantitative estimate of drug-likeness (QED) is 0.736. The second kappa shape index (κ2) is 5.74. The second-order valence-electron chi connectivity index (χ2n) is 6.11. The molecule has 1 atom stereocenters. The average Bonchev–Trinajstić information content (AvgIpc) is 3.23. The van der Waals surface area contributed by atoms with E-state index in [1.165, 1.54) is 0 Å². The molecule has 1 amide bonds. The van der Waals surface area contributed by atoms with Crippen molar-refractivity contribution in [3.05, 3.63) is 42.2 Å². The van der Waals surface area contributed by atoms with Crippen LogP contribution in [0.3, 0.4) is 0 Å². The van der Waals surface area contributed by atoms with Gasteiger partial charge >= 0.3 is 0 Å². The van der Waals surface area contributed by atoms with Gasteiger partial charge < -0.3 is 14.0 Å². The standard InChI is InChI=1S/C17H20N6O/c1-3-15-19-20-16-10-21(8-9-22(15)16)17(24)12(2)23-11-18-13-6-4-5-7-14(13)23/h4-7,11-12H,3,8-10H2,1-2H3/t12-/m1/s1. The third-order valence-corrected chi connectivity index (χ3v) is 4.71. The molecule has 0 N–H and O–H groups in total. The van der Waals surface area contributed by atoms with Crippen LogP contribution in [0.1, 0.15) is 31.5 Å². The van der Waals surface area contributed by atoms with Crippen LogP contribution in [-0.2, 0) is 24.3 Å². The van der Waals surface area contributed by atoms with E-state index in [4.69, 9.17) is 0 Å². The summed E-state index contributed by atoms with van der Waals surface area (Å²) >= 11 is 0. The van der Waals surface area contributed by atoms with Gasteiger partial charge in [-0.2, -0.15) is 0 Å². The lowest BCUT2D eigenvalue weighted by Crippen LogP contribution is -2.41. The average molecular weight is 324 g/mol. The predicted molar refractivity (Wildman–Crippen MR) is 89.3 cm³/mol. The first-order chi connectivity index (χ1) is 11.7. The molecule has 0 saturated heterocycles. The molecular weight excluding hydrogens is 304 g/mol. The first-order valence-corrected chi connectivity index (χ1v) is 8.30. The molecule has 0 saturated carbocycles. The molecule has 2 aromatic heterocycles. The molecule has 4 rings (SSSR count). The van der Waals surface area contributed by atoms with Gasteiger partial charge in [-0.25, -0.2) is 4.98 Å². The normalized spacial score (nSPS) is 15.5. The van der Waals surface area contributed by atoms with Gasteiger partial charge in [0.1, 0.15) is 11.9 Å². The van der Waals surface area contributed by atoms with Crippen LogP contribution >= 0.6 is 0 Å². The summed E-state index contributed by atoms with van der Waals surface area (Å²) in [5.74, 6) is 1.95. The fourth-order valence-electron chi connectivity index (χ4n) is 3.34. The first kappa shape index (κ1) is 14.9. The highest BCUT2D eigenvalue weighted by Crippen LogP contribution is 2.21. The fraction of sp³-hybridized carbons (Fsp3) is 0.412. The maximum Gasteiger partial charge on any atom is 0.245 e. The van der Waals surface area contributed by atoms with Crippen molar-refractivity contribution in [3.8, 4) is 0 Å². The number of aromatic nitrogens is 5. The zero-order valence-electron chi connectivity index (χ0n) is 13.9. The molecule has 0 unspecified atom stereocenters. The lowest BCUT2D eigenvalue weighted by Gasteiger charge is -2.30. The predicted octanol–water partition coefficient (Wildman–Crippen LogP) is 1.79. The van der Waals surface area contributed by atoms with Gasteiger partial charge in [-0.1, -0.05) is 19.1 Å². The van der Waals surface area contributed by atoms with Crippen LogP contribution in [0, 0.1) is 0 Å². The molecule has 124 valence electrons. The Bertz CT molecular complexity index is 896. The lowest BCUT2D eigenvalue weighted by atomic mass is 10.2. The number of hydrogen-bond acceptors (Lipinski definition) is 4. The van der Waals surface area contributed by atoms with Crippen LogP contribution in [0.15, 0.2) is 30.6 Å². The molecule has 0 fully saturated rings. The van der Waals surface area contributed by atoms with E-state index in [2.05, 4.69) is 26.7 Å². The molecule has 7 heteroatoms. The van der Waals surface area contributed by atoms with Crippen molar-refractivity contribution in [1.29, 1.82) is 0 Å². The zero-order chi connectivity index (χ0) is 16.7. The summed E-state index contributed by atoms with van der Waals surface area (Å²) in [4.78, 5) is 19.2. The minimum absolute atomic E-state index is 0.0884. The minimum atomic E-state index is -0.294. The van der Waals surface area contributed by atoms with E-state index >= 15 is 0 Å². The van der Waals surface area contributed by atoms with Gasteiger partial charge in [0.05, 0.1) is 23.9 Å². The number of nitrogens with zero attached hydrogens (tertiary/aromatic N) is 6. The van der Waals surface area contributed by atoms with Crippen LogP contribution < -0.4 is 0 Å². The number of hydrogen-bond donors (Lipinski definition) is 0. The number of rotatable bonds is 3. The number of carbonyl (C=O) groups is 1. The third-order valence-electron chi connectivity index (χ3n) is 4.71. The summed E-state index contributed by atoms with van der Waals surface area (Å²) in [5, 5.41) is 8.44. The molecule has 7 nitrogen and oxygen atoms in total. The van der Waals surface area contributed by atoms with Gasteiger partial charge in [0.2, 0.25) is 5.91 Å². The Morgan fingerprint density at radius 2 is 2.08 bits per heavy atom. The van der Waals surface area contributed by atoms with Crippen LogP contribution in [0.5, 0.6) is 0 Å². The minimum Gasteiger partial charge on any atom is -0.332 e. The van der Waals surface area contributed by atoms with E-state index in [1.807, 2.05) is 40.7 Å². The van der Waals surface area contributed by atoms with E-state index in [0.29, 0.717) is 13.1 Å². The highest BCUT2D eigenvalue weighted by atomic mass is 16.2. The number of aryl methyl sites for hydroxylation is 1. The molecule has 1 aliphatic heterocycles. The van der Waals surface area contributed by atoms with E-state index in [9.17, 15) is 4.79 Å². The molecule has 0 radical (unpaired) electrons. The van der Waals surface area contributed by atoms with Crippen LogP contribution in [-0.4, -0.2) is 41.7 Å². The van der Waals surface area contributed by atoms with Gasteiger partial charge in [0.15, 0.2) is 5.82 Å². The summed E-state index contributed by atoms with van der Waals surface area (Å²) in [5.41, 5.74) is 1.88. The van der Waals surface area contributed by atoms with Gasteiger partial charge in [-0.3, -0.25) is 4.79 Å². The summed E-state index contributed by atoms with van der Waals surface area (Å²) in [6.07, 6.45) is 2.60. The van der Waals surface area contributed by atoms with Crippen molar-refractivity contribution in [2.24, 2.45) is 0 Å². The Labute approximate surface area is 139 Å². The van der Waals surface area contributed by atoms with E-state index in [-0.39, 0.29) is 11.9 Å². The fourth-order valence-corrected chi connectivity index (χ4v) is 3.34. The van der Waals surface area contributed by atoms with Crippen molar-refractivity contribution in [1.82, 2.24) is 29.2 Å². The number of benzene rings is 1. The van der Waals surface area contributed by atoms with E-state index in [1.54, 1.807) is 6.33 Å². The number of para-hydroxylation sites is 2. The van der Waals surface area contributed by atoms with Crippen LogP contribution in [0.4, 0.5) is 0 Å². The highest BCUT2D eigenvalue weighted by molar-refractivity contribution is 5.83. The first-order valence-electron chi connectivity index (χ1n) is 8.30. The largest absolute Gasteiger partial charge is 0.332 e. The van der Waals surface area contributed by atoms with Crippen LogP contribution in [0.2, 0.25) is 0 Å². The Balaban J connectivity index is 1.58. The molecule has 0 bridgehead atoms. The van der Waals surface area contributed by atoms with Crippen molar-refractivity contribution < 1.29 is 4.79 Å². The zero-order valence-corrected chi connectivity index (χ0v) is 13.9. The van der Waals surface area contributed by atoms with Crippen molar-refractivity contribution in [3.63, 3.8) is 0 Å². The highest BCUT2D eigenvalue weighted by Gasteiger charge is 2.28. The lowest BCUT2D eigenvalue weighted by molar-refractivity contribution is -0.135. The molecule has 3 aromatic rings. The van der Waals surface area contributed by atoms with Crippen molar-refractivity contribution in [2.75, 3.05) is 6.54 Å². The molecular formula is C17H20N6O. The Morgan fingerprint density at radius 1 is 1.25 bits per heavy atom. The van der Waals surface area contributed by atoms with Gasteiger partial charge in [-0.15, -0.1) is 10.2 Å². The molecule has 1 aromatic carbocycles. The summed E-state index contributed by atoms with van der Waals surface area (Å²) in [6.45, 7) is 5.96. The van der Waals surface area contributed by atoms with E-state index in [0.717, 1.165) is 35.6 Å². The number of amides is 1. The summed E-state index contributed by atoms with van der Waals surface area (Å²) in [7, 11) is 0. The third kappa shape index (κ3) is 2.28. The summed E-state index contributed by atoms with van der Waals surface area (Å²) < 4.78 is 4.07. The molecule has 0 spiro atoms.